The lowest BCUT2D eigenvalue weighted by molar-refractivity contribution is -0.132. The number of anilines is 1. The minimum atomic E-state index is -0.770. The largest absolute Gasteiger partial charge is 0.507 e. The molecule has 1 aliphatic rings. The SMILES string of the molecule is CCOc1ccc(/C(O)=C2/C(=O)C(=O)N(c3nccs3)C2c2ccc(C(C)C)cc2)cc1. The molecule has 4 rings (SSSR count). The summed E-state index contributed by atoms with van der Waals surface area (Å²) in [6, 6.07) is 13.8. The van der Waals surface area contributed by atoms with Crippen molar-refractivity contribution in [3.63, 3.8) is 0 Å². The van der Waals surface area contributed by atoms with E-state index in [1.807, 2.05) is 31.2 Å². The zero-order valence-electron chi connectivity index (χ0n) is 18.1. The van der Waals surface area contributed by atoms with Crippen LogP contribution >= 0.6 is 11.3 Å². The maximum absolute atomic E-state index is 13.1. The van der Waals surface area contributed by atoms with Crippen molar-refractivity contribution in [3.8, 4) is 5.75 Å². The number of aromatic nitrogens is 1. The highest BCUT2D eigenvalue weighted by molar-refractivity contribution is 7.14. The molecule has 1 aliphatic heterocycles. The lowest BCUT2D eigenvalue weighted by atomic mass is 9.93. The van der Waals surface area contributed by atoms with Gasteiger partial charge in [-0.05, 0) is 48.2 Å². The molecule has 1 fully saturated rings. The number of Topliss-reactive ketones (excluding diaryl/α,β-unsaturated/α-hetero) is 1. The molecule has 7 heteroatoms. The first kappa shape index (κ1) is 21.8. The number of aliphatic hydroxyl groups excluding tert-OH is 1. The fourth-order valence-corrected chi connectivity index (χ4v) is 4.44. The molecule has 1 amide bonds. The highest BCUT2D eigenvalue weighted by Gasteiger charge is 2.47. The van der Waals surface area contributed by atoms with E-state index in [-0.39, 0.29) is 11.3 Å². The third-order valence-electron chi connectivity index (χ3n) is 5.43. The molecule has 6 nitrogen and oxygen atoms in total. The maximum Gasteiger partial charge on any atom is 0.301 e. The lowest BCUT2D eigenvalue weighted by Crippen LogP contribution is -2.29. The Morgan fingerprint density at radius 1 is 1.12 bits per heavy atom. The molecule has 1 aromatic heterocycles. The van der Waals surface area contributed by atoms with Crippen LogP contribution in [-0.2, 0) is 9.59 Å². The summed E-state index contributed by atoms with van der Waals surface area (Å²) in [5.41, 5.74) is 2.36. The van der Waals surface area contributed by atoms with Gasteiger partial charge < -0.3 is 9.84 Å². The number of hydrogen-bond acceptors (Lipinski definition) is 6. The van der Waals surface area contributed by atoms with E-state index in [2.05, 4.69) is 18.8 Å². The molecule has 0 saturated carbocycles. The number of nitrogens with zero attached hydrogens (tertiary/aromatic N) is 2. The molecule has 1 saturated heterocycles. The van der Waals surface area contributed by atoms with Crippen LogP contribution < -0.4 is 9.64 Å². The Morgan fingerprint density at radius 2 is 1.81 bits per heavy atom. The summed E-state index contributed by atoms with van der Waals surface area (Å²) in [7, 11) is 0. The Balaban J connectivity index is 1.85. The number of thiazole rings is 1. The average molecular weight is 449 g/mol. The van der Waals surface area contributed by atoms with Gasteiger partial charge in [0.2, 0.25) is 0 Å². The summed E-state index contributed by atoms with van der Waals surface area (Å²) in [4.78, 5) is 31.7. The summed E-state index contributed by atoms with van der Waals surface area (Å²) in [5.74, 6) is -0.648. The van der Waals surface area contributed by atoms with Gasteiger partial charge in [0.05, 0.1) is 18.2 Å². The number of amides is 1. The number of ether oxygens (including phenoxy) is 1. The first-order valence-electron chi connectivity index (χ1n) is 10.5. The molecule has 0 bridgehead atoms. The molecule has 0 spiro atoms. The topological polar surface area (TPSA) is 79.7 Å². The van der Waals surface area contributed by atoms with Crippen molar-refractivity contribution in [2.24, 2.45) is 0 Å². The van der Waals surface area contributed by atoms with E-state index in [0.29, 0.717) is 29.0 Å². The van der Waals surface area contributed by atoms with Crippen molar-refractivity contribution >= 4 is 33.9 Å². The Hall–Kier alpha value is -3.45. The van der Waals surface area contributed by atoms with Crippen LogP contribution in [0, 0.1) is 0 Å². The third kappa shape index (κ3) is 3.91. The smallest absolute Gasteiger partial charge is 0.301 e. The van der Waals surface area contributed by atoms with Crippen LogP contribution in [0.5, 0.6) is 5.75 Å². The Labute approximate surface area is 190 Å². The van der Waals surface area contributed by atoms with Crippen molar-refractivity contribution in [2.75, 3.05) is 11.5 Å². The van der Waals surface area contributed by atoms with Crippen molar-refractivity contribution in [2.45, 2.75) is 32.7 Å². The third-order valence-corrected chi connectivity index (χ3v) is 6.20. The second kappa shape index (κ2) is 8.96. The minimum Gasteiger partial charge on any atom is -0.507 e. The van der Waals surface area contributed by atoms with Crippen molar-refractivity contribution < 1.29 is 19.4 Å². The zero-order chi connectivity index (χ0) is 22.8. The summed E-state index contributed by atoms with van der Waals surface area (Å²) >= 11 is 1.27. The van der Waals surface area contributed by atoms with Crippen LogP contribution in [0.25, 0.3) is 5.76 Å². The van der Waals surface area contributed by atoms with Crippen LogP contribution in [0.1, 0.15) is 49.4 Å². The van der Waals surface area contributed by atoms with Gasteiger partial charge in [-0.3, -0.25) is 14.5 Å². The Bertz CT molecular complexity index is 1150. The van der Waals surface area contributed by atoms with Crippen LogP contribution in [0.2, 0.25) is 0 Å². The minimum absolute atomic E-state index is 0.0478. The highest BCUT2D eigenvalue weighted by atomic mass is 32.1. The maximum atomic E-state index is 13.1. The van der Waals surface area contributed by atoms with Gasteiger partial charge in [-0.25, -0.2) is 4.98 Å². The van der Waals surface area contributed by atoms with Gasteiger partial charge in [0.25, 0.3) is 5.78 Å². The molecule has 1 unspecified atom stereocenters. The molecule has 3 aromatic rings. The van der Waals surface area contributed by atoms with Crippen LogP contribution in [0.15, 0.2) is 65.7 Å². The van der Waals surface area contributed by atoms with E-state index in [0.717, 1.165) is 11.1 Å². The Morgan fingerprint density at radius 3 is 2.38 bits per heavy atom. The van der Waals surface area contributed by atoms with Gasteiger partial charge in [0.1, 0.15) is 11.5 Å². The summed E-state index contributed by atoms with van der Waals surface area (Å²) in [6.07, 6.45) is 1.59. The predicted octanol–water partition coefficient (Wildman–Crippen LogP) is 5.29. The highest BCUT2D eigenvalue weighted by Crippen LogP contribution is 2.43. The number of hydrogen-bond donors (Lipinski definition) is 1. The van der Waals surface area contributed by atoms with Crippen LogP contribution in [0.4, 0.5) is 5.13 Å². The second-order valence-electron chi connectivity index (χ2n) is 7.76. The average Bonchev–Trinajstić information content (AvgIpc) is 3.41. The van der Waals surface area contributed by atoms with Crippen molar-refractivity contribution in [1.82, 2.24) is 4.98 Å². The first-order valence-corrected chi connectivity index (χ1v) is 11.3. The van der Waals surface area contributed by atoms with Gasteiger partial charge >= 0.3 is 5.91 Å². The second-order valence-corrected chi connectivity index (χ2v) is 8.64. The number of carbonyl (C=O) groups is 2. The zero-order valence-corrected chi connectivity index (χ0v) is 18.9. The summed E-state index contributed by atoms with van der Waals surface area (Å²) < 4.78 is 5.46. The normalized spacial score (nSPS) is 17.9. The first-order chi connectivity index (χ1) is 15.4. The van der Waals surface area contributed by atoms with Crippen LogP contribution in [-0.4, -0.2) is 28.4 Å². The van der Waals surface area contributed by atoms with Crippen molar-refractivity contribution in [3.05, 3.63) is 82.4 Å². The molecule has 164 valence electrons. The van der Waals surface area contributed by atoms with E-state index in [4.69, 9.17) is 4.74 Å². The number of ketones is 1. The fourth-order valence-electron chi connectivity index (χ4n) is 3.77. The quantitative estimate of drug-likeness (QED) is 0.315. The lowest BCUT2D eigenvalue weighted by Gasteiger charge is -2.23. The van der Waals surface area contributed by atoms with Gasteiger partial charge in [0.15, 0.2) is 5.13 Å². The number of carbonyl (C=O) groups excluding carboxylic acids is 2. The van der Waals surface area contributed by atoms with E-state index in [1.54, 1.807) is 35.8 Å². The molecular weight excluding hydrogens is 424 g/mol. The molecule has 1 atom stereocenters. The van der Waals surface area contributed by atoms with E-state index in [9.17, 15) is 14.7 Å². The molecule has 1 N–H and O–H groups in total. The fraction of sp³-hybridized carbons (Fsp3) is 0.240. The molecule has 2 heterocycles. The number of aliphatic hydroxyl groups is 1. The number of benzene rings is 2. The van der Waals surface area contributed by atoms with E-state index < -0.39 is 17.7 Å². The van der Waals surface area contributed by atoms with Gasteiger partial charge in [0, 0.05) is 17.1 Å². The number of rotatable bonds is 6. The molecular formula is C25H24N2O4S. The monoisotopic (exact) mass is 448 g/mol. The van der Waals surface area contributed by atoms with Crippen molar-refractivity contribution in [1.29, 1.82) is 0 Å². The predicted molar refractivity (Wildman–Crippen MR) is 125 cm³/mol. The van der Waals surface area contributed by atoms with Crippen LogP contribution in [0.3, 0.4) is 0 Å². The standard InChI is InChI=1S/C25H24N2O4S/c1-4-31-19-11-9-18(10-12-19)22(28)20-21(17-7-5-16(6-8-17)15(2)3)27(24(30)23(20)29)25-26-13-14-32-25/h5-15,21,28H,4H2,1-3H3/b22-20-. The van der Waals surface area contributed by atoms with E-state index >= 15 is 0 Å². The summed E-state index contributed by atoms with van der Waals surface area (Å²) in [5, 5.41) is 13.3. The van der Waals surface area contributed by atoms with E-state index in [1.165, 1.54) is 16.2 Å². The molecule has 0 aliphatic carbocycles. The summed E-state index contributed by atoms with van der Waals surface area (Å²) in [6.45, 7) is 6.61. The molecule has 0 radical (unpaired) electrons. The van der Waals surface area contributed by atoms with Gasteiger partial charge in [-0.2, -0.15) is 0 Å². The Kier molecular flexibility index (Phi) is 6.10. The van der Waals surface area contributed by atoms with Gasteiger partial charge in [-0.1, -0.05) is 38.1 Å². The molecule has 32 heavy (non-hydrogen) atoms. The van der Waals surface area contributed by atoms with Gasteiger partial charge in [-0.15, -0.1) is 11.3 Å². The molecule has 2 aromatic carbocycles.